The molecule has 0 aromatic heterocycles. The second-order valence-corrected chi connectivity index (χ2v) is 5.23. The molecule has 0 bridgehead atoms. The van der Waals surface area contributed by atoms with E-state index in [4.69, 9.17) is 15.2 Å². The van der Waals surface area contributed by atoms with E-state index >= 15 is 0 Å². The van der Waals surface area contributed by atoms with Crippen LogP contribution in [0.2, 0.25) is 0 Å². The van der Waals surface area contributed by atoms with Crippen molar-refractivity contribution in [3.8, 4) is 11.5 Å². The minimum atomic E-state index is 0.229. The molecule has 2 aromatic rings. The van der Waals surface area contributed by atoms with Gasteiger partial charge >= 0.3 is 0 Å². The number of ether oxygens (including phenoxy) is 2. The van der Waals surface area contributed by atoms with E-state index in [-0.39, 0.29) is 5.92 Å². The van der Waals surface area contributed by atoms with Gasteiger partial charge in [-0.2, -0.15) is 0 Å². The van der Waals surface area contributed by atoms with Crippen LogP contribution in [-0.4, -0.2) is 20.8 Å². The molecule has 1 unspecified atom stereocenters. The molecule has 3 heteroatoms. The van der Waals surface area contributed by atoms with Crippen LogP contribution in [0, 0.1) is 6.92 Å². The molecule has 21 heavy (non-hydrogen) atoms. The Morgan fingerprint density at radius 2 is 1.86 bits per heavy atom. The van der Waals surface area contributed by atoms with Crippen LogP contribution in [0.4, 0.5) is 0 Å². The Morgan fingerprint density at radius 1 is 1.05 bits per heavy atom. The molecule has 0 aliphatic rings. The minimum absolute atomic E-state index is 0.229. The summed E-state index contributed by atoms with van der Waals surface area (Å²) in [6.07, 6.45) is 0.869. The SMILES string of the molecule is COc1cccc(CC(CN)c2cc(C)ccc2OC)c1. The quantitative estimate of drug-likeness (QED) is 0.885. The number of benzene rings is 2. The Balaban J connectivity index is 2.29. The van der Waals surface area contributed by atoms with Crippen LogP contribution in [0.3, 0.4) is 0 Å². The Bertz CT molecular complexity index is 596. The summed E-state index contributed by atoms with van der Waals surface area (Å²) in [5, 5.41) is 0. The highest BCUT2D eigenvalue weighted by molar-refractivity contribution is 5.41. The second-order valence-electron chi connectivity index (χ2n) is 5.23. The van der Waals surface area contributed by atoms with Crippen LogP contribution in [-0.2, 0) is 6.42 Å². The number of nitrogens with two attached hydrogens (primary N) is 1. The zero-order chi connectivity index (χ0) is 15.2. The maximum Gasteiger partial charge on any atom is 0.122 e. The molecule has 0 radical (unpaired) electrons. The average Bonchev–Trinajstić information content (AvgIpc) is 2.52. The van der Waals surface area contributed by atoms with Crippen LogP contribution < -0.4 is 15.2 Å². The van der Waals surface area contributed by atoms with Gasteiger partial charge in [0.1, 0.15) is 11.5 Å². The van der Waals surface area contributed by atoms with E-state index in [1.54, 1.807) is 14.2 Å². The summed E-state index contributed by atoms with van der Waals surface area (Å²) in [6, 6.07) is 14.4. The minimum Gasteiger partial charge on any atom is -0.497 e. The van der Waals surface area contributed by atoms with E-state index in [1.165, 1.54) is 16.7 Å². The molecule has 112 valence electrons. The Morgan fingerprint density at radius 3 is 2.52 bits per heavy atom. The maximum absolute atomic E-state index is 6.01. The summed E-state index contributed by atoms with van der Waals surface area (Å²) in [6.45, 7) is 2.67. The molecule has 0 fully saturated rings. The highest BCUT2D eigenvalue weighted by Gasteiger charge is 2.16. The molecule has 0 aliphatic heterocycles. The summed E-state index contributed by atoms with van der Waals surface area (Å²) in [7, 11) is 3.39. The summed E-state index contributed by atoms with van der Waals surface area (Å²) in [4.78, 5) is 0. The van der Waals surface area contributed by atoms with E-state index in [0.29, 0.717) is 6.54 Å². The van der Waals surface area contributed by atoms with Crippen molar-refractivity contribution in [2.45, 2.75) is 19.3 Å². The van der Waals surface area contributed by atoms with E-state index in [0.717, 1.165) is 17.9 Å². The predicted octanol–water partition coefficient (Wildman–Crippen LogP) is 3.30. The number of rotatable bonds is 6. The van der Waals surface area contributed by atoms with Crippen molar-refractivity contribution >= 4 is 0 Å². The standard InChI is InChI=1S/C18H23NO2/c1-13-7-8-18(21-3)17(9-13)15(12-19)10-14-5-4-6-16(11-14)20-2/h4-9,11,15H,10,12,19H2,1-3H3. The van der Waals surface area contributed by atoms with Crippen LogP contribution in [0.1, 0.15) is 22.6 Å². The third-order valence-electron chi connectivity index (χ3n) is 3.73. The normalized spacial score (nSPS) is 12.0. The van der Waals surface area contributed by atoms with Crippen molar-refractivity contribution < 1.29 is 9.47 Å². The zero-order valence-electron chi connectivity index (χ0n) is 12.9. The summed E-state index contributed by atoms with van der Waals surface area (Å²) < 4.78 is 10.8. The Kier molecular flexibility index (Phi) is 5.23. The van der Waals surface area contributed by atoms with E-state index in [9.17, 15) is 0 Å². The Labute approximate surface area is 126 Å². The van der Waals surface area contributed by atoms with Gasteiger partial charge in [-0.1, -0.05) is 29.8 Å². The monoisotopic (exact) mass is 285 g/mol. The van der Waals surface area contributed by atoms with E-state index < -0.39 is 0 Å². The van der Waals surface area contributed by atoms with Crippen LogP contribution in [0.25, 0.3) is 0 Å². The van der Waals surface area contributed by atoms with Crippen molar-refractivity contribution in [2.24, 2.45) is 5.73 Å². The topological polar surface area (TPSA) is 44.5 Å². The second kappa shape index (κ2) is 7.14. The molecule has 3 nitrogen and oxygen atoms in total. The summed E-state index contributed by atoms with van der Waals surface area (Å²) in [5.41, 5.74) is 9.61. The number of methoxy groups -OCH3 is 2. The predicted molar refractivity (Wildman–Crippen MR) is 86.2 cm³/mol. The van der Waals surface area contributed by atoms with Crippen molar-refractivity contribution in [3.63, 3.8) is 0 Å². The molecule has 1 atom stereocenters. The molecule has 0 spiro atoms. The van der Waals surface area contributed by atoms with Gasteiger partial charge in [0, 0.05) is 5.92 Å². The lowest BCUT2D eigenvalue weighted by molar-refractivity contribution is 0.404. The lowest BCUT2D eigenvalue weighted by Crippen LogP contribution is -2.16. The maximum atomic E-state index is 6.01. The number of hydrogen-bond acceptors (Lipinski definition) is 3. The van der Waals surface area contributed by atoms with Crippen molar-refractivity contribution in [2.75, 3.05) is 20.8 Å². The van der Waals surface area contributed by atoms with Gasteiger partial charge in [-0.25, -0.2) is 0 Å². The van der Waals surface area contributed by atoms with Gasteiger partial charge < -0.3 is 15.2 Å². The van der Waals surface area contributed by atoms with Crippen LogP contribution >= 0.6 is 0 Å². The first kappa shape index (κ1) is 15.4. The lowest BCUT2D eigenvalue weighted by atomic mass is 9.90. The zero-order valence-corrected chi connectivity index (χ0v) is 12.9. The first-order chi connectivity index (χ1) is 10.2. The first-order valence-electron chi connectivity index (χ1n) is 7.15. The molecule has 0 saturated carbocycles. The lowest BCUT2D eigenvalue weighted by Gasteiger charge is -2.19. The number of hydrogen-bond donors (Lipinski definition) is 1. The third-order valence-corrected chi connectivity index (χ3v) is 3.73. The Hall–Kier alpha value is -2.00. The largest absolute Gasteiger partial charge is 0.497 e. The fourth-order valence-corrected chi connectivity index (χ4v) is 2.58. The van der Waals surface area contributed by atoms with Crippen molar-refractivity contribution in [3.05, 3.63) is 59.2 Å². The fourth-order valence-electron chi connectivity index (χ4n) is 2.58. The highest BCUT2D eigenvalue weighted by atomic mass is 16.5. The molecule has 0 heterocycles. The van der Waals surface area contributed by atoms with Gasteiger partial charge in [-0.05, 0) is 49.2 Å². The van der Waals surface area contributed by atoms with Crippen molar-refractivity contribution in [1.82, 2.24) is 0 Å². The van der Waals surface area contributed by atoms with Crippen LogP contribution in [0.15, 0.2) is 42.5 Å². The molecule has 2 rings (SSSR count). The summed E-state index contributed by atoms with van der Waals surface area (Å²) in [5.74, 6) is 2.00. The smallest absolute Gasteiger partial charge is 0.122 e. The molecule has 0 amide bonds. The molecule has 0 saturated heterocycles. The molecular weight excluding hydrogens is 262 g/mol. The summed E-state index contributed by atoms with van der Waals surface area (Å²) >= 11 is 0. The number of aryl methyl sites for hydroxylation is 1. The van der Waals surface area contributed by atoms with Crippen LogP contribution in [0.5, 0.6) is 11.5 Å². The molecule has 0 aliphatic carbocycles. The van der Waals surface area contributed by atoms with Crippen molar-refractivity contribution in [1.29, 1.82) is 0 Å². The van der Waals surface area contributed by atoms with E-state index in [1.807, 2.05) is 18.2 Å². The third kappa shape index (κ3) is 3.76. The average molecular weight is 285 g/mol. The molecular formula is C18H23NO2. The first-order valence-corrected chi connectivity index (χ1v) is 7.15. The van der Waals surface area contributed by atoms with Gasteiger partial charge in [0.25, 0.3) is 0 Å². The van der Waals surface area contributed by atoms with Gasteiger partial charge in [0.05, 0.1) is 14.2 Å². The highest BCUT2D eigenvalue weighted by Crippen LogP contribution is 2.30. The van der Waals surface area contributed by atoms with E-state index in [2.05, 4.69) is 31.2 Å². The van der Waals surface area contributed by atoms with Gasteiger partial charge in [-0.15, -0.1) is 0 Å². The molecule has 2 aromatic carbocycles. The van der Waals surface area contributed by atoms with Gasteiger partial charge in [0.15, 0.2) is 0 Å². The fraction of sp³-hybridized carbons (Fsp3) is 0.333. The van der Waals surface area contributed by atoms with Gasteiger partial charge in [0.2, 0.25) is 0 Å². The molecule has 2 N–H and O–H groups in total. The van der Waals surface area contributed by atoms with Gasteiger partial charge in [-0.3, -0.25) is 0 Å².